The lowest BCUT2D eigenvalue weighted by Crippen LogP contribution is -2.45. The molecule has 2 heterocycles. The van der Waals surface area contributed by atoms with Crippen LogP contribution in [-0.2, 0) is 11.0 Å². The normalized spacial score (nSPS) is 18.0. The van der Waals surface area contributed by atoms with Gasteiger partial charge in [0.15, 0.2) is 8.32 Å². The van der Waals surface area contributed by atoms with Crippen molar-refractivity contribution in [1.82, 2.24) is 14.7 Å². The molecular formula is C16H30IN3OSi. The predicted octanol–water partition coefficient (Wildman–Crippen LogP) is 3.97. The minimum absolute atomic E-state index is 0.278. The summed E-state index contributed by atoms with van der Waals surface area (Å²) in [5.41, 5.74) is 0. The molecule has 1 aromatic rings. The van der Waals surface area contributed by atoms with Crippen molar-refractivity contribution >= 4 is 30.9 Å². The lowest BCUT2D eigenvalue weighted by molar-refractivity contribution is 0.116. The molecule has 0 radical (unpaired) electrons. The predicted molar refractivity (Wildman–Crippen MR) is 103 cm³/mol. The Morgan fingerprint density at radius 2 is 1.82 bits per heavy atom. The summed E-state index contributed by atoms with van der Waals surface area (Å²) < 4.78 is 10.0. The Morgan fingerprint density at radius 3 is 2.32 bits per heavy atom. The summed E-state index contributed by atoms with van der Waals surface area (Å²) in [6, 6.07) is 3.65. The van der Waals surface area contributed by atoms with Crippen LogP contribution >= 0.6 is 22.6 Å². The molecule has 0 bridgehead atoms. The zero-order chi connectivity index (χ0) is 16.0. The van der Waals surface area contributed by atoms with Gasteiger partial charge < -0.3 is 9.33 Å². The third-order valence-corrected chi connectivity index (χ3v) is 10.3. The number of likely N-dealkylation sites (tertiary alicyclic amines) is 1. The van der Waals surface area contributed by atoms with Gasteiger partial charge in [0.2, 0.25) is 0 Å². The van der Waals surface area contributed by atoms with Crippen LogP contribution < -0.4 is 0 Å². The van der Waals surface area contributed by atoms with Crippen molar-refractivity contribution in [1.29, 1.82) is 0 Å². The fourth-order valence-electron chi connectivity index (χ4n) is 3.39. The molecule has 1 atom stereocenters. The zero-order valence-corrected chi connectivity index (χ0v) is 17.4. The van der Waals surface area contributed by atoms with Crippen LogP contribution in [0.5, 0.6) is 0 Å². The number of hydrogen-bond donors (Lipinski definition) is 0. The second kappa shape index (κ2) is 8.80. The fourth-order valence-corrected chi connectivity index (χ4v) is 6.69. The van der Waals surface area contributed by atoms with Gasteiger partial charge in [-0.25, -0.2) is 0 Å². The van der Waals surface area contributed by atoms with E-state index in [4.69, 9.17) is 4.43 Å². The summed E-state index contributed by atoms with van der Waals surface area (Å²) in [6.07, 6.45) is 7.00. The first-order valence-corrected chi connectivity index (χ1v) is 12.3. The summed E-state index contributed by atoms with van der Waals surface area (Å²) in [5.74, 6) is 0. The monoisotopic (exact) mass is 435 g/mol. The standard InChI is InChI=1S/C16H30IN3OSi/c1-4-22(5-2,6-3)21-16(13-19-9-7-8-10-19)14-20-12-15(17)11-18-20/h11-12,16H,4-10,13-14H2,1-3H3. The lowest BCUT2D eigenvalue weighted by Gasteiger charge is -2.35. The number of rotatable bonds is 9. The maximum Gasteiger partial charge on any atom is 0.192 e. The molecule has 22 heavy (non-hydrogen) atoms. The van der Waals surface area contributed by atoms with Crippen LogP contribution in [0, 0.1) is 3.57 Å². The number of nitrogens with zero attached hydrogens (tertiary/aromatic N) is 3. The molecule has 4 nitrogen and oxygen atoms in total. The minimum atomic E-state index is -1.57. The van der Waals surface area contributed by atoms with Gasteiger partial charge >= 0.3 is 0 Å². The van der Waals surface area contributed by atoms with E-state index in [0.29, 0.717) is 0 Å². The smallest absolute Gasteiger partial charge is 0.192 e. The molecule has 1 unspecified atom stereocenters. The average Bonchev–Trinajstić information content (AvgIpc) is 3.17. The van der Waals surface area contributed by atoms with Crippen molar-refractivity contribution in [3.05, 3.63) is 16.0 Å². The highest BCUT2D eigenvalue weighted by atomic mass is 127. The van der Waals surface area contributed by atoms with Crippen LogP contribution in [0.4, 0.5) is 0 Å². The van der Waals surface area contributed by atoms with Gasteiger partial charge in [-0.1, -0.05) is 20.8 Å². The van der Waals surface area contributed by atoms with Crippen LogP contribution in [0.2, 0.25) is 18.1 Å². The second-order valence-corrected chi connectivity index (χ2v) is 12.3. The second-order valence-electron chi connectivity index (χ2n) is 6.37. The lowest BCUT2D eigenvalue weighted by atomic mass is 10.3. The van der Waals surface area contributed by atoms with Crippen LogP contribution in [0.15, 0.2) is 12.4 Å². The Kier molecular flexibility index (Phi) is 7.36. The molecule has 2 rings (SSSR count). The topological polar surface area (TPSA) is 30.3 Å². The molecule has 1 aliphatic heterocycles. The van der Waals surface area contributed by atoms with Crippen molar-refractivity contribution in [2.45, 2.75) is 64.4 Å². The number of aromatic nitrogens is 2. The van der Waals surface area contributed by atoms with E-state index >= 15 is 0 Å². The highest BCUT2D eigenvalue weighted by molar-refractivity contribution is 14.1. The molecule has 0 spiro atoms. The highest BCUT2D eigenvalue weighted by Crippen LogP contribution is 2.25. The number of halogens is 1. The van der Waals surface area contributed by atoms with Crippen LogP contribution in [0.1, 0.15) is 33.6 Å². The third kappa shape index (κ3) is 5.04. The maximum absolute atomic E-state index is 6.79. The van der Waals surface area contributed by atoms with Crippen LogP contribution in [0.3, 0.4) is 0 Å². The van der Waals surface area contributed by atoms with Crippen molar-refractivity contribution in [2.75, 3.05) is 19.6 Å². The Labute approximate surface area is 149 Å². The van der Waals surface area contributed by atoms with E-state index in [1.165, 1.54) is 47.6 Å². The van der Waals surface area contributed by atoms with E-state index in [1.54, 1.807) is 0 Å². The van der Waals surface area contributed by atoms with Gasteiger partial charge in [-0.2, -0.15) is 5.10 Å². The van der Waals surface area contributed by atoms with E-state index in [0.717, 1.165) is 13.1 Å². The maximum atomic E-state index is 6.79. The molecule has 1 aliphatic rings. The summed E-state index contributed by atoms with van der Waals surface area (Å²) in [6.45, 7) is 11.3. The highest BCUT2D eigenvalue weighted by Gasteiger charge is 2.33. The number of hydrogen-bond acceptors (Lipinski definition) is 3. The van der Waals surface area contributed by atoms with Gasteiger partial charge in [0, 0.05) is 12.7 Å². The zero-order valence-electron chi connectivity index (χ0n) is 14.2. The molecule has 126 valence electrons. The van der Waals surface area contributed by atoms with Gasteiger partial charge in [-0.3, -0.25) is 4.68 Å². The molecule has 0 aromatic carbocycles. The first-order chi connectivity index (χ1) is 10.6. The van der Waals surface area contributed by atoms with Gasteiger partial charge in [0.25, 0.3) is 0 Å². The Balaban J connectivity index is 2.05. The molecule has 1 fully saturated rings. The molecule has 0 saturated carbocycles. The molecule has 0 N–H and O–H groups in total. The quantitative estimate of drug-likeness (QED) is 0.434. The van der Waals surface area contributed by atoms with E-state index < -0.39 is 8.32 Å². The van der Waals surface area contributed by atoms with E-state index in [1.807, 2.05) is 6.20 Å². The van der Waals surface area contributed by atoms with Crippen molar-refractivity contribution in [3.8, 4) is 0 Å². The molecular weight excluding hydrogens is 405 g/mol. The van der Waals surface area contributed by atoms with Crippen molar-refractivity contribution in [3.63, 3.8) is 0 Å². The van der Waals surface area contributed by atoms with Crippen LogP contribution in [-0.4, -0.2) is 48.7 Å². The summed E-state index contributed by atoms with van der Waals surface area (Å²) >= 11 is 2.32. The van der Waals surface area contributed by atoms with Crippen LogP contribution in [0.25, 0.3) is 0 Å². The average molecular weight is 435 g/mol. The van der Waals surface area contributed by atoms with Crippen molar-refractivity contribution in [2.24, 2.45) is 0 Å². The fraction of sp³-hybridized carbons (Fsp3) is 0.812. The molecule has 0 aliphatic carbocycles. The summed E-state index contributed by atoms with van der Waals surface area (Å²) in [5, 5.41) is 4.46. The van der Waals surface area contributed by atoms with E-state index in [9.17, 15) is 0 Å². The van der Waals surface area contributed by atoms with Gasteiger partial charge in [-0.05, 0) is 66.7 Å². The molecule has 6 heteroatoms. The Hall–Kier alpha value is 0.0769. The van der Waals surface area contributed by atoms with Gasteiger partial charge in [0.1, 0.15) is 0 Å². The van der Waals surface area contributed by atoms with Crippen molar-refractivity contribution < 1.29 is 4.43 Å². The molecule has 1 aromatic heterocycles. The summed E-state index contributed by atoms with van der Waals surface area (Å²) in [7, 11) is -1.57. The van der Waals surface area contributed by atoms with E-state index in [-0.39, 0.29) is 6.10 Å². The Morgan fingerprint density at radius 1 is 1.18 bits per heavy atom. The SMILES string of the molecule is CC[Si](CC)(CC)OC(CN1CCCC1)Cn1cc(I)cn1. The molecule has 1 saturated heterocycles. The summed E-state index contributed by atoms with van der Waals surface area (Å²) in [4.78, 5) is 2.57. The minimum Gasteiger partial charge on any atom is -0.411 e. The van der Waals surface area contributed by atoms with Gasteiger partial charge in [-0.15, -0.1) is 0 Å². The molecule has 0 amide bonds. The first-order valence-electron chi connectivity index (χ1n) is 8.69. The largest absolute Gasteiger partial charge is 0.411 e. The third-order valence-electron chi connectivity index (χ3n) is 5.00. The Bertz CT molecular complexity index is 436. The van der Waals surface area contributed by atoms with E-state index in [2.05, 4.69) is 64.2 Å². The first kappa shape index (κ1) is 18.4. The van der Waals surface area contributed by atoms with Gasteiger partial charge in [0.05, 0.1) is 22.4 Å².